The number of aromatic amines is 1. The van der Waals surface area contributed by atoms with Crippen LogP contribution in [0.2, 0.25) is 0 Å². The van der Waals surface area contributed by atoms with Gasteiger partial charge < -0.3 is 49.5 Å². The number of nitrogens with zero attached hydrogens (tertiary/aromatic N) is 2. The third-order valence-electron chi connectivity index (χ3n) is 11.5. The van der Waals surface area contributed by atoms with Crippen molar-refractivity contribution in [2.45, 2.75) is 82.4 Å². The summed E-state index contributed by atoms with van der Waals surface area (Å²) in [7, 11) is 0. The maximum absolute atomic E-state index is 14.4. The van der Waals surface area contributed by atoms with Gasteiger partial charge in [-0.15, -0.1) is 11.6 Å². The number of esters is 1. The summed E-state index contributed by atoms with van der Waals surface area (Å²) in [6, 6.07) is 13.8. The van der Waals surface area contributed by atoms with E-state index in [9.17, 15) is 49.2 Å². The van der Waals surface area contributed by atoms with Crippen LogP contribution >= 0.6 is 11.6 Å². The Morgan fingerprint density at radius 3 is 2.38 bits per heavy atom. The summed E-state index contributed by atoms with van der Waals surface area (Å²) in [5.74, 6) is -3.75. The number of carboxylic acids is 1. The van der Waals surface area contributed by atoms with Crippen molar-refractivity contribution in [1.29, 1.82) is 0 Å². The number of hydrogen-bond donors (Lipinski definition) is 9. The largest absolute Gasteiger partial charge is 0.480 e. The van der Waals surface area contributed by atoms with Crippen molar-refractivity contribution < 1.29 is 63.1 Å². The van der Waals surface area contributed by atoms with Crippen LogP contribution in [0.4, 0.5) is 21.9 Å². The fourth-order valence-corrected chi connectivity index (χ4v) is 8.34. The predicted molar refractivity (Wildman–Crippen MR) is 250 cm³/mol. The number of hydrogen-bond acceptors (Lipinski definition) is 14. The van der Waals surface area contributed by atoms with Gasteiger partial charge in [0.2, 0.25) is 5.91 Å². The number of fused-ring (bicyclic) bond motifs is 5. The first kappa shape index (κ1) is 49.1. The van der Waals surface area contributed by atoms with Gasteiger partial charge in [0, 0.05) is 71.4 Å². The van der Waals surface area contributed by atoms with E-state index in [0.717, 1.165) is 16.7 Å². The van der Waals surface area contributed by atoms with E-state index < -0.39 is 79.2 Å². The molecule has 3 atom stereocenters. The molecule has 4 heterocycles. The van der Waals surface area contributed by atoms with E-state index in [0.29, 0.717) is 45.4 Å². The Kier molecular flexibility index (Phi) is 14.6. The number of aliphatic hydroxyl groups excluding tert-OH is 3. The molecule has 20 nitrogen and oxygen atoms in total. The second kappa shape index (κ2) is 20.2. The van der Waals surface area contributed by atoms with Gasteiger partial charge >= 0.3 is 18.0 Å². The molecule has 21 heteroatoms. The minimum Gasteiger partial charge on any atom is -0.480 e. The first-order chi connectivity index (χ1) is 32.3. The van der Waals surface area contributed by atoms with E-state index in [4.69, 9.17) is 25.5 Å². The number of carboxylic acid groups (broad SMARTS) is 1. The van der Waals surface area contributed by atoms with Crippen LogP contribution in [0.15, 0.2) is 64.0 Å². The number of aliphatic hydroxyl groups is 3. The van der Waals surface area contributed by atoms with E-state index in [-0.39, 0.29) is 54.3 Å². The number of aliphatic carboxylic acids is 1. The molecule has 2 aromatic heterocycles. The maximum Gasteiger partial charge on any atom is 0.426 e. The topological polar surface area (TPSA) is 294 Å². The average Bonchev–Trinajstić information content (AvgIpc) is 4.11. The molecule has 0 aliphatic carbocycles. The predicted octanol–water partition coefficient (Wildman–Crippen LogP) is 4.90. The summed E-state index contributed by atoms with van der Waals surface area (Å²) in [5, 5.41) is 45.5. The van der Waals surface area contributed by atoms with Crippen LogP contribution in [-0.4, -0.2) is 117 Å². The number of furan rings is 1. The lowest BCUT2D eigenvalue weighted by Crippen LogP contribution is -2.60. The number of halogens is 1. The van der Waals surface area contributed by atoms with Crippen molar-refractivity contribution in [3.63, 3.8) is 0 Å². The molecule has 7 rings (SSSR count). The summed E-state index contributed by atoms with van der Waals surface area (Å²) in [6.07, 6.45) is 0.600. The number of aliphatic imine (C=N–C) groups is 1. The Balaban J connectivity index is 1.03. The number of nitrogens with one attached hydrogen (secondary N) is 5. The number of carbonyl (C=O) groups excluding carboxylic acids is 5. The Bertz CT molecular complexity index is 2800. The molecule has 0 saturated carbocycles. The molecule has 5 aromatic rings. The van der Waals surface area contributed by atoms with Crippen molar-refractivity contribution in [2.24, 2.45) is 4.99 Å². The Morgan fingerprint density at radius 2 is 1.69 bits per heavy atom. The Hall–Kier alpha value is -6.84. The standard InChI is InChI=1S/C47H52ClN7O13/c1-24-19-49-41-35(67-38(60)12-10-31(44(63)64)52-47(21-56,22-57)23-58)17-33-40(39(24)41)28(18-48)20-55(33)43(62)32-15-27-14-29(8-9-30(27)51-32)50-42(61)36-16-26-7-5-25(13-34(26)66-36)6-11-37(59)53-54-45(65)68-46(2,3)4/h5,7-9,13-17,19,24,28,31,51-52,56-58H,6,10-12,18,20-23H2,1-4H3,(H,50,61)(H,53,59)(H,54,65)(H,63,64). The van der Waals surface area contributed by atoms with Gasteiger partial charge in [0.25, 0.3) is 11.8 Å². The summed E-state index contributed by atoms with van der Waals surface area (Å²) in [6.45, 7) is 4.95. The van der Waals surface area contributed by atoms with Crippen LogP contribution in [0.5, 0.6) is 5.75 Å². The molecule has 3 aromatic carbocycles. The number of rotatable bonds is 17. The van der Waals surface area contributed by atoms with Gasteiger partial charge in [-0.05, 0) is 86.7 Å². The van der Waals surface area contributed by atoms with Crippen molar-refractivity contribution in [1.82, 2.24) is 21.2 Å². The van der Waals surface area contributed by atoms with Crippen LogP contribution in [0, 0.1) is 0 Å². The molecule has 4 amide bonds. The Morgan fingerprint density at radius 1 is 0.941 bits per heavy atom. The number of ether oxygens (including phenoxy) is 2. The Labute approximate surface area is 394 Å². The third-order valence-corrected chi connectivity index (χ3v) is 11.9. The number of anilines is 2. The summed E-state index contributed by atoms with van der Waals surface area (Å²) in [5.41, 5.74) is 6.98. The van der Waals surface area contributed by atoms with Gasteiger partial charge in [0.1, 0.15) is 28.6 Å². The van der Waals surface area contributed by atoms with E-state index in [2.05, 4.69) is 31.5 Å². The molecule has 0 radical (unpaired) electrons. The van der Waals surface area contributed by atoms with Crippen LogP contribution in [0.1, 0.15) is 96.5 Å². The fourth-order valence-electron chi connectivity index (χ4n) is 8.08. The molecule has 68 heavy (non-hydrogen) atoms. The van der Waals surface area contributed by atoms with E-state index in [1.54, 1.807) is 80.4 Å². The third kappa shape index (κ3) is 10.8. The number of aryl methyl sites for hydroxylation is 1. The molecule has 0 spiro atoms. The van der Waals surface area contributed by atoms with Gasteiger partial charge in [0.15, 0.2) is 11.5 Å². The van der Waals surface area contributed by atoms with Crippen LogP contribution in [0.25, 0.3) is 21.9 Å². The molecule has 0 saturated heterocycles. The van der Waals surface area contributed by atoms with Crippen LogP contribution in [-0.2, 0) is 25.5 Å². The zero-order valence-corrected chi connectivity index (χ0v) is 38.4. The highest BCUT2D eigenvalue weighted by molar-refractivity contribution is 6.19. The molecule has 2 aliphatic rings. The highest BCUT2D eigenvalue weighted by Gasteiger charge is 2.40. The number of alkyl halides is 1. The summed E-state index contributed by atoms with van der Waals surface area (Å²) in [4.78, 5) is 86.4. The molecule has 360 valence electrons. The number of benzene rings is 3. The summed E-state index contributed by atoms with van der Waals surface area (Å²) >= 11 is 6.51. The van der Waals surface area contributed by atoms with Gasteiger partial charge in [-0.3, -0.25) is 39.7 Å². The highest BCUT2D eigenvalue weighted by Crippen LogP contribution is 2.52. The molecule has 3 unspecified atom stereocenters. The number of hydrazine groups is 1. The number of aromatic nitrogens is 1. The van der Waals surface area contributed by atoms with Gasteiger partial charge in [-0.1, -0.05) is 19.1 Å². The average molecular weight is 958 g/mol. The fraction of sp³-hybridized carbons (Fsp3) is 0.383. The van der Waals surface area contributed by atoms with Crippen LogP contribution < -0.4 is 31.1 Å². The SMILES string of the molecule is CC1C=Nc2c(OC(=O)CCC(NC(CO)(CO)CO)C(=O)O)cc3c(c21)C(CCl)CN3C(=O)c1cc2cc(NC(=O)c3cc4ccc(CCC(=O)NNC(=O)OC(C)(C)C)cc4o3)ccc2[nH]1. The van der Waals surface area contributed by atoms with Gasteiger partial charge in [0.05, 0.1) is 31.0 Å². The molecule has 0 bridgehead atoms. The van der Waals surface area contributed by atoms with Crippen molar-refractivity contribution in [2.75, 3.05) is 42.5 Å². The molecular formula is C47H52ClN7O13. The monoisotopic (exact) mass is 957 g/mol. The first-order valence-electron chi connectivity index (χ1n) is 21.8. The lowest BCUT2D eigenvalue weighted by Gasteiger charge is -2.32. The number of carbonyl (C=O) groups is 6. The summed E-state index contributed by atoms with van der Waals surface area (Å²) < 4.78 is 16.8. The van der Waals surface area contributed by atoms with Crippen molar-refractivity contribution >= 4 is 92.5 Å². The number of H-pyrrole nitrogens is 1. The van der Waals surface area contributed by atoms with E-state index in [1.807, 2.05) is 13.0 Å². The first-order valence-corrected chi connectivity index (χ1v) is 22.3. The second-order valence-electron chi connectivity index (χ2n) is 17.8. The lowest BCUT2D eigenvalue weighted by atomic mass is 9.90. The highest BCUT2D eigenvalue weighted by atomic mass is 35.5. The second-order valence-corrected chi connectivity index (χ2v) is 18.1. The van der Waals surface area contributed by atoms with Crippen LogP contribution in [0.3, 0.4) is 0 Å². The zero-order chi connectivity index (χ0) is 49.1. The van der Waals surface area contributed by atoms with E-state index >= 15 is 0 Å². The van der Waals surface area contributed by atoms with E-state index in [1.165, 1.54) is 0 Å². The smallest absolute Gasteiger partial charge is 0.426 e. The zero-order valence-electron chi connectivity index (χ0n) is 37.6. The molecular weight excluding hydrogens is 906 g/mol. The number of amides is 4. The van der Waals surface area contributed by atoms with Gasteiger partial charge in [-0.2, -0.15) is 0 Å². The minimum absolute atomic E-state index is 0.0472. The van der Waals surface area contributed by atoms with Crippen molar-refractivity contribution in [3.8, 4) is 5.75 Å². The molecule has 9 N–H and O–H groups in total. The van der Waals surface area contributed by atoms with Gasteiger partial charge in [-0.25, -0.2) is 10.2 Å². The maximum atomic E-state index is 14.4. The molecule has 0 fully saturated rings. The minimum atomic E-state index is -1.70. The normalized spacial score (nSPS) is 15.8. The lowest BCUT2D eigenvalue weighted by molar-refractivity contribution is -0.141. The molecule has 2 aliphatic heterocycles. The quantitative estimate of drug-likeness (QED) is 0.0259. The van der Waals surface area contributed by atoms with Crippen molar-refractivity contribution in [3.05, 3.63) is 82.7 Å².